The molecule has 114 valence electrons. The molecule has 19 heavy (non-hydrogen) atoms. The van der Waals surface area contributed by atoms with Gasteiger partial charge in [-0.25, -0.2) is 0 Å². The Balaban J connectivity index is 4.44. The predicted molar refractivity (Wildman–Crippen MR) is 82.0 cm³/mol. The summed E-state index contributed by atoms with van der Waals surface area (Å²) in [7, 11) is 4.15. The van der Waals surface area contributed by atoms with Gasteiger partial charge in [-0.2, -0.15) is 0 Å². The number of nitrogens with zero attached hydrogens (tertiary/aromatic N) is 1. The van der Waals surface area contributed by atoms with Crippen molar-refractivity contribution in [2.45, 2.75) is 59.0 Å². The van der Waals surface area contributed by atoms with Crippen LogP contribution >= 0.6 is 0 Å². The Bertz CT molecular complexity index is 252. The molecule has 0 rings (SSSR count). The maximum Gasteiger partial charge on any atom is 0.237 e. The number of likely N-dealkylation sites (N-methyl/N-ethyl adjacent to an activating group) is 1. The van der Waals surface area contributed by atoms with Crippen molar-refractivity contribution >= 4 is 5.91 Å². The number of hydrogen-bond acceptors (Lipinski definition) is 3. The average molecular weight is 271 g/mol. The minimum absolute atomic E-state index is 0.0212. The summed E-state index contributed by atoms with van der Waals surface area (Å²) in [4.78, 5) is 14.2. The van der Waals surface area contributed by atoms with Gasteiger partial charge in [0.05, 0.1) is 6.04 Å². The minimum Gasteiger partial charge on any atom is -0.353 e. The van der Waals surface area contributed by atoms with Crippen LogP contribution in [0, 0.1) is 11.8 Å². The molecule has 0 radical (unpaired) electrons. The minimum atomic E-state index is -0.394. The molecule has 0 saturated heterocycles. The maximum atomic E-state index is 12.0. The van der Waals surface area contributed by atoms with Gasteiger partial charge in [-0.3, -0.25) is 4.79 Å². The fourth-order valence-electron chi connectivity index (χ4n) is 2.44. The third kappa shape index (κ3) is 5.91. The molecular weight excluding hydrogens is 238 g/mol. The second-order valence-corrected chi connectivity index (χ2v) is 5.76. The van der Waals surface area contributed by atoms with Gasteiger partial charge in [-0.05, 0) is 25.9 Å². The Morgan fingerprint density at radius 3 is 2.05 bits per heavy atom. The second kappa shape index (κ2) is 9.32. The molecular formula is C15H33N3O. The first kappa shape index (κ1) is 18.4. The number of hydrogen-bond donors (Lipinski definition) is 2. The van der Waals surface area contributed by atoms with Crippen molar-refractivity contribution < 1.29 is 4.79 Å². The standard InChI is InChI=1S/C15H33N3O/c1-7-11(4)14(16)15(19)17-10-13(18(5)6)12(8-2)9-3/h11-14H,7-10,16H2,1-6H3,(H,17,19)/t11-,13?,14-/m0/s1. The van der Waals surface area contributed by atoms with Crippen molar-refractivity contribution in [3.63, 3.8) is 0 Å². The van der Waals surface area contributed by atoms with E-state index in [1.807, 2.05) is 6.92 Å². The Hall–Kier alpha value is -0.610. The molecule has 0 bridgehead atoms. The number of carbonyl (C=O) groups excluding carboxylic acids is 1. The molecule has 3 N–H and O–H groups in total. The normalized spacial score (nSPS) is 16.5. The van der Waals surface area contributed by atoms with E-state index in [1.165, 1.54) is 0 Å². The zero-order valence-electron chi connectivity index (χ0n) is 13.6. The summed E-state index contributed by atoms with van der Waals surface area (Å²) in [6, 6.07) is -0.0161. The largest absolute Gasteiger partial charge is 0.353 e. The van der Waals surface area contributed by atoms with Crippen LogP contribution in [0.25, 0.3) is 0 Å². The van der Waals surface area contributed by atoms with E-state index in [4.69, 9.17) is 5.73 Å². The van der Waals surface area contributed by atoms with E-state index < -0.39 is 6.04 Å². The first-order valence-electron chi connectivity index (χ1n) is 7.58. The number of carbonyl (C=O) groups is 1. The first-order chi connectivity index (χ1) is 8.88. The molecule has 1 unspecified atom stereocenters. The maximum absolute atomic E-state index is 12.0. The van der Waals surface area contributed by atoms with Gasteiger partial charge in [0.15, 0.2) is 0 Å². The van der Waals surface area contributed by atoms with Crippen LogP contribution < -0.4 is 11.1 Å². The zero-order valence-corrected chi connectivity index (χ0v) is 13.6. The van der Waals surface area contributed by atoms with Gasteiger partial charge in [0.2, 0.25) is 5.91 Å². The monoisotopic (exact) mass is 271 g/mol. The van der Waals surface area contributed by atoms with Crippen molar-refractivity contribution in [1.29, 1.82) is 0 Å². The fourth-order valence-corrected chi connectivity index (χ4v) is 2.44. The molecule has 0 aromatic heterocycles. The number of rotatable bonds is 9. The van der Waals surface area contributed by atoms with Gasteiger partial charge in [0.25, 0.3) is 0 Å². The molecule has 0 heterocycles. The molecule has 4 nitrogen and oxygen atoms in total. The van der Waals surface area contributed by atoms with Crippen molar-refractivity contribution in [2.24, 2.45) is 17.6 Å². The molecule has 0 aliphatic carbocycles. The molecule has 3 atom stereocenters. The summed E-state index contributed by atoms with van der Waals surface area (Å²) in [5.74, 6) is 0.813. The average Bonchev–Trinajstić information content (AvgIpc) is 2.40. The van der Waals surface area contributed by atoms with Gasteiger partial charge in [-0.1, -0.05) is 47.0 Å². The van der Waals surface area contributed by atoms with E-state index in [0.717, 1.165) is 19.3 Å². The lowest BCUT2D eigenvalue weighted by Gasteiger charge is -2.32. The summed E-state index contributed by atoms with van der Waals surface area (Å²) in [6.07, 6.45) is 3.19. The van der Waals surface area contributed by atoms with Gasteiger partial charge in [-0.15, -0.1) is 0 Å². The van der Waals surface area contributed by atoms with E-state index in [2.05, 4.69) is 45.1 Å². The number of nitrogens with two attached hydrogens (primary N) is 1. The van der Waals surface area contributed by atoms with E-state index in [-0.39, 0.29) is 11.8 Å². The van der Waals surface area contributed by atoms with Crippen LogP contribution in [-0.4, -0.2) is 43.5 Å². The highest BCUT2D eigenvalue weighted by atomic mass is 16.2. The number of amides is 1. The highest BCUT2D eigenvalue weighted by molar-refractivity contribution is 5.81. The smallest absolute Gasteiger partial charge is 0.237 e. The summed E-state index contributed by atoms with van der Waals surface area (Å²) >= 11 is 0. The Kier molecular flexibility index (Phi) is 9.02. The highest BCUT2D eigenvalue weighted by Crippen LogP contribution is 2.16. The van der Waals surface area contributed by atoms with Crippen molar-refractivity contribution in [2.75, 3.05) is 20.6 Å². The summed E-state index contributed by atoms with van der Waals surface area (Å²) < 4.78 is 0. The van der Waals surface area contributed by atoms with Crippen LogP contribution in [0.3, 0.4) is 0 Å². The second-order valence-electron chi connectivity index (χ2n) is 5.76. The molecule has 0 aliphatic rings. The Morgan fingerprint density at radius 1 is 1.16 bits per heavy atom. The van der Waals surface area contributed by atoms with E-state index in [9.17, 15) is 4.79 Å². The summed E-state index contributed by atoms with van der Waals surface area (Å²) in [5.41, 5.74) is 5.95. The predicted octanol–water partition coefficient (Wildman–Crippen LogP) is 1.84. The lowest BCUT2D eigenvalue weighted by Crippen LogP contribution is -2.50. The first-order valence-corrected chi connectivity index (χ1v) is 7.58. The van der Waals surface area contributed by atoms with Crippen LogP contribution in [-0.2, 0) is 4.79 Å². The summed E-state index contributed by atoms with van der Waals surface area (Å²) in [6.45, 7) is 9.18. The van der Waals surface area contributed by atoms with Crippen molar-refractivity contribution in [3.05, 3.63) is 0 Å². The lowest BCUT2D eigenvalue weighted by molar-refractivity contribution is -0.123. The molecule has 0 spiro atoms. The number of nitrogens with one attached hydrogen (secondary N) is 1. The van der Waals surface area contributed by atoms with Gasteiger partial charge >= 0.3 is 0 Å². The third-order valence-electron chi connectivity index (χ3n) is 4.30. The van der Waals surface area contributed by atoms with E-state index >= 15 is 0 Å². The Labute approximate surface area is 119 Å². The van der Waals surface area contributed by atoms with Crippen LogP contribution in [0.2, 0.25) is 0 Å². The molecule has 0 aromatic rings. The molecule has 0 aromatic carbocycles. The van der Waals surface area contributed by atoms with Crippen molar-refractivity contribution in [3.8, 4) is 0 Å². The topological polar surface area (TPSA) is 58.4 Å². The van der Waals surface area contributed by atoms with E-state index in [1.54, 1.807) is 0 Å². The van der Waals surface area contributed by atoms with Crippen LogP contribution in [0.15, 0.2) is 0 Å². The van der Waals surface area contributed by atoms with E-state index in [0.29, 0.717) is 18.5 Å². The Morgan fingerprint density at radius 2 is 1.68 bits per heavy atom. The zero-order chi connectivity index (χ0) is 15.0. The molecule has 0 aliphatic heterocycles. The fraction of sp³-hybridized carbons (Fsp3) is 0.933. The van der Waals surface area contributed by atoms with Crippen LogP contribution in [0.1, 0.15) is 47.0 Å². The third-order valence-corrected chi connectivity index (χ3v) is 4.30. The molecule has 0 fully saturated rings. The molecule has 4 heteroatoms. The summed E-state index contributed by atoms with van der Waals surface area (Å²) in [5, 5.41) is 3.02. The SMILES string of the molecule is CCC(CC)C(CNC(=O)[C@@H](N)[C@@H](C)CC)N(C)C. The van der Waals surface area contributed by atoms with Gasteiger partial charge < -0.3 is 16.0 Å². The quantitative estimate of drug-likeness (QED) is 0.673. The molecule has 0 saturated carbocycles. The molecule has 1 amide bonds. The van der Waals surface area contributed by atoms with Crippen LogP contribution in [0.5, 0.6) is 0 Å². The lowest BCUT2D eigenvalue weighted by atomic mass is 9.93. The highest BCUT2D eigenvalue weighted by Gasteiger charge is 2.24. The van der Waals surface area contributed by atoms with Gasteiger partial charge in [0, 0.05) is 12.6 Å². The van der Waals surface area contributed by atoms with Crippen molar-refractivity contribution in [1.82, 2.24) is 10.2 Å². The van der Waals surface area contributed by atoms with Gasteiger partial charge in [0.1, 0.15) is 0 Å². The van der Waals surface area contributed by atoms with Crippen LogP contribution in [0.4, 0.5) is 0 Å².